The van der Waals surface area contributed by atoms with Gasteiger partial charge in [-0.1, -0.05) is 33.1 Å². The van der Waals surface area contributed by atoms with E-state index in [9.17, 15) is 8.42 Å². The van der Waals surface area contributed by atoms with Gasteiger partial charge in [0.1, 0.15) is 4.90 Å². The number of aryl methyl sites for hydroxylation is 1. The standard InChI is InChI=1S/C14H26N4O2S/c1-10(2)15-9-13-14(11(3)17-18-13)21(19,20)16-8-7-12-5-4-6-12/h10,12,15-16H,4-9H2,1-3H3,(H,17,18). The highest BCUT2D eigenvalue weighted by molar-refractivity contribution is 7.89. The van der Waals surface area contributed by atoms with Gasteiger partial charge in [0, 0.05) is 19.1 Å². The summed E-state index contributed by atoms with van der Waals surface area (Å²) in [6.07, 6.45) is 4.67. The summed E-state index contributed by atoms with van der Waals surface area (Å²) < 4.78 is 27.7. The molecule has 0 radical (unpaired) electrons. The predicted octanol–water partition coefficient (Wildman–Crippen LogP) is 1.68. The van der Waals surface area contributed by atoms with E-state index in [-0.39, 0.29) is 6.04 Å². The van der Waals surface area contributed by atoms with Gasteiger partial charge in [-0.15, -0.1) is 0 Å². The molecule has 0 aliphatic heterocycles. The second-order valence-electron chi connectivity index (χ2n) is 6.14. The van der Waals surface area contributed by atoms with E-state index < -0.39 is 10.0 Å². The molecule has 6 nitrogen and oxygen atoms in total. The monoisotopic (exact) mass is 314 g/mol. The van der Waals surface area contributed by atoms with Crippen molar-refractivity contribution in [3.05, 3.63) is 11.4 Å². The number of nitrogens with zero attached hydrogens (tertiary/aromatic N) is 1. The molecule has 0 spiro atoms. The van der Waals surface area contributed by atoms with Crippen molar-refractivity contribution in [2.45, 2.75) is 63.9 Å². The van der Waals surface area contributed by atoms with Gasteiger partial charge in [0.2, 0.25) is 10.0 Å². The van der Waals surface area contributed by atoms with Crippen LogP contribution in [-0.2, 0) is 16.6 Å². The zero-order valence-corrected chi connectivity index (χ0v) is 13.9. The minimum atomic E-state index is -3.49. The first-order chi connectivity index (χ1) is 9.90. The van der Waals surface area contributed by atoms with E-state index in [1.807, 2.05) is 13.8 Å². The van der Waals surface area contributed by atoms with E-state index in [2.05, 4.69) is 20.2 Å². The third-order valence-corrected chi connectivity index (χ3v) is 5.64. The fourth-order valence-corrected chi connectivity index (χ4v) is 3.91. The fourth-order valence-electron chi connectivity index (χ4n) is 2.50. The average molecular weight is 314 g/mol. The van der Waals surface area contributed by atoms with Crippen LogP contribution in [0, 0.1) is 12.8 Å². The molecular weight excluding hydrogens is 288 g/mol. The van der Waals surface area contributed by atoms with Crippen molar-refractivity contribution in [1.82, 2.24) is 20.2 Å². The molecule has 0 aromatic carbocycles. The number of aromatic amines is 1. The van der Waals surface area contributed by atoms with Crippen LogP contribution in [0.15, 0.2) is 4.90 Å². The average Bonchev–Trinajstić information content (AvgIpc) is 2.72. The van der Waals surface area contributed by atoms with Crippen LogP contribution >= 0.6 is 0 Å². The number of nitrogens with one attached hydrogen (secondary N) is 3. The SMILES string of the molecule is Cc1[nH]nc(CNC(C)C)c1S(=O)(=O)NCCC1CCC1. The summed E-state index contributed by atoms with van der Waals surface area (Å²) in [5.41, 5.74) is 1.14. The van der Waals surface area contributed by atoms with Crippen LogP contribution in [0.4, 0.5) is 0 Å². The van der Waals surface area contributed by atoms with Gasteiger partial charge in [0.05, 0.1) is 11.4 Å². The van der Waals surface area contributed by atoms with Gasteiger partial charge in [0.15, 0.2) is 0 Å². The third-order valence-electron chi connectivity index (χ3n) is 3.98. The first-order valence-electron chi connectivity index (χ1n) is 7.67. The van der Waals surface area contributed by atoms with Gasteiger partial charge in [-0.2, -0.15) is 5.10 Å². The van der Waals surface area contributed by atoms with E-state index >= 15 is 0 Å². The Labute approximate surface area is 127 Å². The summed E-state index contributed by atoms with van der Waals surface area (Å²) in [5.74, 6) is 0.695. The Kier molecular flexibility index (Phi) is 5.40. The van der Waals surface area contributed by atoms with Crippen molar-refractivity contribution in [2.75, 3.05) is 6.54 Å². The molecule has 0 bridgehead atoms. The third kappa shape index (κ3) is 4.28. The molecule has 1 heterocycles. The van der Waals surface area contributed by atoms with Crippen molar-refractivity contribution < 1.29 is 8.42 Å². The first kappa shape index (κ1) is 16.5. The molecule has 0 saturated heterocycles. The Hall–Kier alpha value is -0.920. The predicted molar refractivity (Wildman–Crippen MR) is 82.4 cm³/mol. The van der Waals surface area contributed by atoms with Crippen molar-refractivity contribution in [3.8, 4) is 0 Å². The van der Waals surface area contributed by atoms with Gasteiger partial charge in [-0.05, 0) is 19.3 Å². The molecule has 7 heteroatoms. The summed E-state index contributed by atoms with van der Waals surface area (Å²) >= 11 is 0. The molecule has 1 aromatic heterocycles. The molecule has 0 atom stereocenters. The molecule has 0 unspecified atom stereocenters. The van der Waals surface area contributed by atoms with Crippen LogP contribution in [0.25, 0.3) is 0 Å². The zero-order chi connectivity index (χ0) is 15.5. The van der Waals surface area contributed by atoms with Crippen molar-refractivity contribution in [3.63, 3.8) is 0 Å². The maximum Gasteiger partial charge on any atom is 0.244 e. The molecule has 1 aliphatic rings. The van der Waals surface area contributed by atoms with Gasteiger partial charge >= 0.3 is 0 Å². The molecule has 21 heavy (non-hydrogen) atoms. The molecule has 1 aromatic rings. The summed E-state index contributed by atoms with van der Waals surface area (Å²) in [6.45, 7) is 6.73. The number of H-pyrrole nitrogens is 1. The Morgan fingerprint density at radius 1 is 1.38 bits per heavy atom. The first-order valence-corrected chi connectivity index (χ1v) is 9.15. The lowest BCUT2D eigenvalue weighted by Gasteiger charge is -2.25. The molecule has 1 aliphatic carbocycles. The largest absolute Gasteiger partial charge is 0.309 e. The van der Waals surface area contributed by atoms with Crippen molar-refractivity contribution in [1.29, 1.82) is 0 Å². The smallest absolute Gasteiger partial charge is 0.244 e. The number of sulfonamides is 1. The Morgan fingerprint density at radius 3 is 2.67 bits per heavy atom. The number of hydrogen-bond donors (Lipinski definition) is 3. The van der Waals surface area contributed by atoms with E-state index in [0.717, 1.165) is 6.42 Å². The molecule has 1 fully saturated rings. The van der Waals surface area contributed by atoms with Crippen LogP contribution in [0.1, 0.15) is 50.9 Å². The summed E-state index contributed by atoms with van der Waals surface area (Å²) in [5, 5.41) is 10.1. The highest BCUT2D eigenvalue weighted by Gasteiger charge is 2.25. The van der Waals surface area contributed by atoms with Gasteiger partial charge in [-0.25, -0.2) is 13.1 Å². The lowest BCUT2D eigenvalue weighted by Crippen LogP contribution is -2.29. The summed E-state index contributed by atoms with van der Waals surface area (Å²) in [4.78, 5) is 0.296. The lowest BCUT2D eigenvalue weighted by molar-refractivity contribution is 0.297. The molecule has 2 rings (SSSR count). The van der Waals surface area contributed by atoms with Crippen molar-refractivity contribution >= 4 is 10.0 Å². The number of hydrogen-bond acceptors (Lipinski definition) is 4. The van der Waals surface area contributed by atoms with Crippen molar-refractivity contribution in [2.24, 2.45) is 5.92 Å². The Morgan fingerprint density at radius 2 is 2.10 bits per heavy atom. The highest BCUT2D eigenvalue weighted by atomic mass is 32.2. The van der Waals surface area contributed by atoms with E-state index in [4.69, 9.17) is 0 Å². The second-order valence-corrected chi connectivity index (χ2v) is 7.85. The minimum Gasteiger partial charge on any atom is -0.309 e. The summed E-state index contributed by atoms with van der Waals surface area (Å²) in [6, 6.07) is 0.282. The molecule has 120 valence electrons. The number of aromatic nitrogens is 2. The van der Waals surface area contributed by atoms with E-state index in [1.54, 1.807) is 6.92 Å². The van der Waals surface area contributed by atoms with Crippen LogP contribution in [0.3, 0.4) is 0 Å². The maximum atomic E-state index is 12.5. The summed E-state index contributed by atoms with van der Waals surface area (Å²) in [7, 11) is -3.49. The minimum absolute atomic E-state index is 0.282. The van der Waals surface area contributed by atoms with Crippen LogP contribution < -0.4 is 10.0 Å². The Bertz CT molecular complexity index is 562. The van der Waals surface area contributed by atoms with Crippen LogP contribution in [0.5, 0.6) is 0 Å². The fraction of sp³-hybridized carbons (Fsp3) is 0.786. The molecule has 1 saturated carbocycles. The topological polar surface area (TPSA) is 86.9 Å². The van der Waals surface area contributed by atoms with Gasteiger partial charge < -0.3 is 5.32 Å². The zero-order valence-electron chi connectivity index (χ0n) is 13.1. The quantitative estimate of drug-likeness (QED) is 0.681. The lowest BCUT2D eigenvalue weighted by atomic mass is 9.83. The molecular formula is C14H26N4O2S. The van der Waals surface area contributed by atoms with Crippen LogP contribution in [0.2, 0.25) is 0 Å². The van der Waals surface area contributed by atoms with Gasteiger partial charge in [0.25, 0.3) is 0 Å². The van der Waals surface area contributed by atoms with E-state index in [1.165, 1.54) is 19.3 Å². The Balaban J connectivity index is 2.01. The molecule has 0 amide bonds. The van der Waals surface area contributed by atoms with E-state index in [0.29, 0.717) is 35.3 Å². The normalized spacial score (nSPS) is 16.4. The number of rotatable bonds is 8. The van der Waals surface area contributed by atoms with Gasteiger partial charge in [-0.3, -0.25) is 5.10 Å². The molecule has 3 N–H and O–H groups in total. The van der Waals surface area contributed by atoms with Crippen LogP contribution in [-0.4, -0.2) is 31.2 Å². The highest BCUT2D eigenvalue weighted by Crippen LogP contribution is 2.29. The maximum absolute atomic E-state index is 12.5. The second kappa shape index (κ2) is 6.89.